The second-order valence-corrected chi connectivity index (χ2v) is 9.06. The highest BCUT2D eigenvalue weighted by Gasteiger charge is 2.31. The number of rotatable bonds is 5. The number of aromatic amines is 1. The molecule has 5 nitrogen and oxygen atoms in total. The van der Waals surface area contributed by atoms with Gasteiger partial charge in [-0.15, -0.1) is 0 Å². The van der Waals surface area contributed by atoms with Crippen LogP contribution >= 0.6 is 0 Å². The molecule has 168 valence electrons. The summed E-state index contributed by atoms with van der Waals surface area (Å²) in [5.41, 5.74) is 5.45. The Morgan fingerprint density at radius 1 is 1.12 bits per heavy atom. The molecule has 1 fully saturated rings. The molecule has 0 unspecified atom stereocenters. The molecule has 1 N–H and O–H groups in total. The monoisotopic (exact) mass is 442 g/mol. The van der Waals surface area contributed by atoms with Gasteiger partial charge in [0, 0.05) is 24.2 Å². The molecule has 0 aliphatic carbocycles. The van der Waals surface area contributed by atoms with Crippen molar-refractivity contribution < 1.29 is 9.18 Å². The van der Waals surface area contributed by atoms with Crippen molar-refractivity contribution in [2.45, 2.75) is 45.1 Å². The fraction of sp³-hybridized carbons (Fsp3) is 0.296. The average Bonchev–Trinajstić information content (AvgIpc) is 3.48. The number of benzene rings is 2. The van der Waals surface area contributed by atoms with E-state index in [2.05, 4.69) is 34.9 Å². The first-order chi connectivity index (χ1) is 16.0. The van der Waals surface area contributed by atoms with Crippen LogP contribution in [0.25, 0.3) is 11.0 Å². The number of nitrogens with zero attached hydrogens (tertiary/aromatic N) is 3. The van der Waals surface area contributed by atoms with Gasteiger partial charge in [0.05, 0.1) is 22.8 Å². The van der Waals surface area contributed by atoms with Crippen molar-refractivity contribution in [2.75, 3.05) is 6.54 Å². The molecule has 1 amide bonds. The average molecular weight is 443 g/mol. The molecule has 1 aliphatic heterocycles. The summed E-state index contributed by atoms with van der Waals surface area (Å²) in [5.74, 6) is 1.03. The van der Waals surface area contributed by atoms with Gasteiger partial charge in [-0.2, -0.15) is 0 Å². The fourth-order valence-corrected chi connectivity index (χ4v) is 4.49. The Morgan fingerprint density at radius 3 is 2.64 bits per heavy atom. The number of aromatic nitrogens is 3. The highest BCUT2D eigenvalue weighted by atomic mass is 19.1. The maximum absolute atomic E-state index is 13.4. The van der Waals surface area contributed by atoms with Gasteiger partial charge in [0.25, 0.3) is 5.91 Å². The van der Waals surface area contributed by atoms with Crippen molar-refractivity contribution >= 4 is 16.9 Å². The Bertz CT molecular complexity index is 1280. The van der Waals surface area contributed by atoms with Gasteiger partial charge in [0.1, 0.15) is 11.6 Å². The van der Waals surface area contributed by atoms with Gasteiger partial charge >= 0.3 is 0 Å². The van der Waals surface area contributed by atoms with E-state index in [4.69, 9.17) is 0 Å². The summed E-state index contributed by atoms with van der Waals surface area (Å²) in [6.45, 7) is 4.91. The summed E-state index contributed by atoms with van der Waals surface area (Å²) in [6.07, 6.45) is 4.42. The molecule has 0 bridgehead atoms. The van der Waals surface area contributed by atoms with Crippen LogP contribution in [0, 0.1) is 5.82 Å². The Labute approximate surface area is 192 Å². The van der Waals surface area contributed by atoms with Gasteiger partial charge in [-0.05, 0) is 66.8 Å². The molecular weight excluding hydrogens is 415 g/mol. The maximum Gasteiger partial charge on any atom is 0.254 e. The predicted octanol–water partition coefficient (Wildman–Crippen LogP) is 5.79. The fourth-order valence-electron chi connectivity index (χ4n) is 4.49. The third-order valence-electron chi connectivity index (χ3n) is 6.32. The zero-order valence-corrected chi connectivity index (χ0v) is 18.9. The summed E-state index contributed by atoms with van der Waals surface area (Å²) < 4.78 is 13.1. The Balaban J connectivity index is 1.33. The van der Waals surface area contributed by atoms with Gasteiger partial charge in [-0.1, -0.05) is 32.0 Å². The number of amides is 1. The van der Waals surface area contributed by atoms with Crippen molar-refractivity contribution in [1.29, 1.82) is 0 Å². The van der Waals surface area contributed by atoms with Crippen LogP contribution in [0.4, 0.5) is 4.39 Å². The van der Waals surface area contributed by atoms with Crippen molar-refractivity contribution in [3.05, 3.63) is 94.8 Å². The quantitative estimate of drug-likeness (QED) is 0.426. The van der Waals surface area contributed by atoms with Crippen molar-refractivity contribution in [1.82, 2.24) is 19.9 Å². The predicted molar refractivity (Wildman–Crippen MR) is 127 cm³/mol. The number of carbonyl (C=O) groups excluding carboxylic acids is 1. The van der Waals surface area contributed by atoms with Gasteiger partial charge in [-0.3, -0.25) is 9.78 Å². The standard InChI is InChI=1S/C27H27FN4O/c1-17(2)26-30-22-12-8-20(15-24(22)31-26)27(33)32-13-3-4-25(32)23-11-7-19(16-29-23)14-18-5-9-21(28)10-6-18/h5-12,15-17,25H,3-4,13-14H2,1-2H3,(H,30,31)/t25-/m1/s1. The molecule has 1 saturated heterocycles. The normalized spacial score (nSPS) is 16.1. The van der Waals surface area contributed by atoms with E-state index in [9.17, 15) is 9.18 Å². The van der Waals surface area contributed by atoms with Gasteiger partial charge < -0.3 is 9.88 Å². The number of likely N-dealkylation sites (tertiary alicyclic amines) is 1. The molecular formula is C27H27FN4O. The lowest BCUT2D eigenvalue weighted by Crippen LogP contribution is -2.31. The largest absolute Gasteiger partial charge is 0.342 e. The van der Waals surface area contributed by atoms with Crippen molar-refractivity contribution in [2.24, 2.45) is 0 Å². The number of hydrogen-bond acceptors (Lipinski definition) is 3. The minimum atomic E-state index is -0.231. The summed E-state index contributed by atoms with van der Waals surface area (Å²) in [4.78, 5) is 28.0. The van der Waals surface area contributed by atoms with Gasteiger partial charge in [-0.25, -0.2) is 9.37 Å². The van der Waals surface area contributed by atoms with Crippen molar-refractivity contribution in [3.63, 3.8) is 0 Å². The number of nitrogens with one attached hydrogen (secondary N) is 1. The summed E-state index contributed by atoms with van der Waals surface area (Å²) in [7, 11) is 0. The molecule has 0 radical (unpaired) electrons. The van der Waals surface area contributed by atoms with Crippen LogP contribution in [0.1, 0.15) is 71.7 Å². The molecule has 1 aliphatic rings. The highest BCUT2D eigenvalue weighted by molar-refractivity contribution is 5.97. The van der Waals surface area contributed by atoms with E-state index in [1.165, 1.54) is 12.1 Å². The Morgan fingerprint density at radius 2 is 1.91 bits per heavy atom. The van der Waals surface area contributed by atoms with Gasteiger partial charge in [0.15, 0.2) is 0 Å². The second-order valence-electron chi connectivity index (χ2n) is 9.06. The number of halogens is 1. The minimum absolute atomic E-state index is 0.0253. The number of pyridine rings is 1. The van der Waals surface area contributed by atoms with Gasteiger partial charge in [0.2, 0.25) is 0 Å². The smallest absolute Gasteiger partial charge is 0.254 e. The van der Waals surface area contributed by atoms with Crippen LogP contribution in [0.3, 0.4) is 0 Å². The Kier molecular flexibility index (Phi) is 5.67. The van der Waals surface area contributed by atoms with Crippen LogP contribution in [-0.4, -0.2) is 32.3 Å². The molecule has 33 heavy (non-hydrogen) atoms. The molecule has 4 aromatic rings. The third kappa shape index (κ3) is 4.38. The van der Waals surface area contributed by atoms with E-state index in [1.807, 2.05) is 35.4 Å². The molecule has 2 aromatic carbocycles. The van der Waals surface area contributed by atoms with E-state index < -0.39 is 0 Å². The van der Waals surface area contributed by atoms with E-state index in [-0.39, 0.29) is 17.8 Å². The lowest BCUT2D eigenvalue weighted by Gasteiger charge is -2.24. The zero-order chi connectivity index (χ0) is 22.9. The Hall–Kier alpha value is -3.54. The minimum Gasteiger partial charge on any atom is -0.342 e. The van der Waals surface area contributed by atoms with E-state index >= 15 is 0 Å². The van der Waals surface area contributed by atoms with E-state index in [0.717, 1.165) is 53.1 Å². The molecule has 1 atom stereocenters. The topological polar surface area (TPSA) is 61.9 Å². The first-order valence-corrected chi connectivity index (χ1v) is 11.5. The van der Waals surface area contributed by atoms with E-state index in [1.54, 1.807) is 12.1 Å². The molecule has 0 spiro atoms. The number of fused-ring (bicyclic) bond motifs is 1. The maximum atomic E-state index is 13.4. The third-order valence-corrected chi connectivity index (χ3v) is 6.32. The summed E-state index contributed by atoms with van der Waals surface area (Å²) >= 11 is 0. The molecule has 2 aromatic heterocycles. The number of hydrogen-bond donors (Lipinski definition) is 1. The number of H-pyrrole nitrogens is 1. The van der Waals surface area contributed by atoms with Crippen LogP contribution in [0.5, 0.6) is 0 Å². The van der Waals surface area contributed by atoms with Crippen LogP contribution in [-0.2, 0) is 6.42 Å². The van der Waals surface area contributed by atoms with Crippen LogP contribution in [0.2, 0.25) is 0 Å². The van der Waals surface area contributed by atoms with Crippen molar-refractivity contribution in [3.8, 4) is 0 Å². The van der Waals surface area contributed by atoms with Crippen LogP contribution < -0.4 is 0 Å². The molecule has 0 saturated carbocycles. The lowest BCUT2D eigenvalue weighted by molar-refractivity contribution is 0.0733. The SMILES string of the molecule is CC(C)c1nc2ccc(C(=O)N3CCC[C@@H]3c3ccc(Cc4ccc(F)cc4)cn3)cc2[nH]1. The second kappa shape index (κ2) is 8.77. The van der Waals surface area contributed by atoms with Crippen LogP contribution in [0.15, 0.2) is 60.8 Å². The number of carbonyl (C=O) groups is 1. The zero-order valence-electron chi connectivity index (χ0n) is 18.9. The first kappa shape index (κ1) is 21.3. The van der Waals surface area contributed by atoms with E-state index in [0.29, 0.717) is 17.9 Å². The molecule has 6 heteroatoms. The number of imidazole rings is 1. The molecule has 3 heterocycles. The summed E-state index contributed by atoms with van der Waals surface area (Å²) in [6, 6.07) is 16.3. The highest BCUT2D eigenvalue weighted by Crippen LogP contribution is 2.32. The lowest BCUT2D eigenvalue weighted by atomic mass is 10.0. The summed E-state index contributed by atoms with van der Waals surface area (Å²) in [5, 5.41) is 0. The molecule has 5 rings (SSSR count). The first-order valence-electron chi connectivity index (χ1n) is 11.5.